The van der Waals surface area contributed by atoms with Crippen LogP contribution in [0.15, 0.2) is 28.8 Å². The van der Waals surface area contributed by atoms with E-state index in [0.29, 0.717) is 5.56 Å². The normalized spacial score (nSPS) is 25.2. The molecule has 0 radical (unpaired) electrons. The van der Waals surface area contributed by atoms with Crippen molar-refractivity contribution in [2.75, 3.05) is 6.54 Å². The zero-order chi connectivity index (χ0) is 15.1. The number of aromatic hydroxyl groups is 1. The lowest BCUT2D eigenvalue weighted by Gasteiger charge is -2.37. The van der Waals surface area contributed by atoms with Crippen LogP contribution in [0.25, 0.3) is 0 Å². The second kappa shape index (κ2) is 5.41. The third-order valence-electron chi connectivity index (χ3n) is 4.56. The number of carbonyl (C=O) groups is 1. The summed E-state index contributed by atoms with van der Waals surface area (Å²) >= 11 is 1.80. The number of rotatable bonds is 2. The number of allylic oxidation sites excluding steroid dienone is 2. The molecule has 0 aliphatic carbocycles. The second-order valence-corrected chi connectivity index (χ2v) is 7.31. The van der Waals surface area contributed by atoms with Gasteiger partial charge in [0.25, 0.3) is 0 Å². The summed E-state index contributed by atoms with van der Waals surface area (Å²) in [4.78, 5) is 16.5. The van der Waals surface area contributed by atoms with E-state index in [1.54, 1.807) is 23.9 Å². The number of benzene rings is 1. The van der Waals surface area contributed by atoms with Gasteiger partial charge in [0.05, 0.1) is 16.9 Å². The largest absolute Gasteiger partial charge is 0.507 e. The highest BCUT2D eigenvalue weighted by atomic mass is 32.2. The Bertz CT molecular complexity index is 623. The zero-order valence-corrected chi connectivity index (χ0v) is 13.5. The molecule has 21 heavy (non-hydrogen) atoms. The molecule has 3 nitrogen and oxygen atoms in total. The second-order valence-electron chi connectivity index (χ2n) is 5.98. The maximum Gasteiger partial charge on any atom is 0.172 e. The highest BCUT2D eigenvalue weighted by Gasteiger charge is 2.41. The van der Waals surface area contributed by atoms with Crippen molar-refractivity contribution in [2.45, 2.75) is 39.0 Å². The van der Waals surface area contributed by atoms with Gasteiger partial charge in [-0.2, -0.15) is 0 Å². The molecular weight excluding hydrogens is 282 g/mol. The van der Waals surface area contributed by atoms with E-state index in [1.165, 1.54) is 10.6 Å². The number of hydrogen-bond acceptors (Lipinski definition) is 4. The summed E-state index contributed by atoms with van der Waals surface area (Å²) in [5, 5.41) is 10.3. The van der Waals surface area contributed by atoms with Crippen molar-refractivity contribution in [2.24, 2.45) is 5.92 Å². The van der Waals surface area contributed by atoms with Gasteiger partial charge in [-0.25, -0.2) is 0 Å². The van der Waals surface area contributed by atoms with Gasteiger partial charge in [-0.3, -0.25) is 4.79 Å². The number of carbonyl (C=O) groups excluding carboxylic acids is 1. The molecule has 0 saturated carbocycles. The Kier molecular flexibility index (Phi) is 3.74. The van der Waals surface area contributed by atoms with Crippen molar-refractivity contribution in [1.82, 2.24) is 4.90 Å². The number of phenolic OH excluding ortho intramolecular Hbond substituents is 1. The third-order valence-corrected chi connectivity index (χ3v) is 6.03. The van der Waals surface area contributed by atoms with Gasteiger partial charge in [0, 0.05) is 17.1 Å². The quantitative estimate of drug-likeness (QED) is 0.841. The molecule has 0 bridgehead atoms. The molecule has 1 fully saturated rings. The van der Waals surface area contributed by atoms with Crippen LogP contribution in [0.3, 0.4) is 0 Å². The summed E-state index contributed by atoms with van der Waals surface area (Å²) in [6.07, 6.45) is 1.94. The Morgan fingerprint density at radius 1 is 1.33 bits per heavy atom. The maximum absolute atomic E-state index is 12.9. The van der Waals surface area contributed by atoms with E-state index in [1.807, 2.05) is 13.0 Å². The van der Waals surface area contributed by atoms with E-state index >= 15 is 0 Å². The topological polar surface area (TPSA) is 40.5 Å². The van der Waals surface area contributed by atoms with Crippen LogP contribution in [0.2, 0.25) is 0 Å². The van der Waals surface area contributed by atoms with Crippen molar-refractivity contribution in [3.8, 4) is 5.75 Å². The van der Waals surface area contributed by atoms with Gasteiger partial charge < -0.3 is 10.0 Å². The van der Waals surface area contributed by atoms with Gasteiger partial charge in [0.1, 0.15) is 5.75 Å². The van der Waals surface area contributed by atoms with E-state index in [9.17, 15) is 9.90 Å². The van der Waals surface area contributed by atoms with Gasteiger partial charge in [-0.05, 0) is 51.3 Å². The summed E-state index contributed by atoms with van der Waals surface area (Å²) in [5.74, 6) is 0.156. The van der Waals surface area contributed by atoms with E-state index in [2.05, 4.69) is 18.7 Å². The zero-order valence-electron chi connectivity index (χ0n) is 12.7. The van der Waals surface area contributed by atoms with Crippen LogP contribution in [0, 0.1) is 12.8 Å². The molecule has 2 unspecified atom stereocenters. The number of hydrogen-bond donors (Lipinski definition) is 1. The lowest BCUT2D eigenvalue weighted by Crippen LogP contribution is -2.42. The van der Waals surface area contributed by atoms with E-state index in [-0.39, 0.29) is 22.8 Å². The predicted molar refractivity (Wildman–Crippen MR) is 86.4 cm³/mol. The highest BCUT2D eigenvalue weighted by Crippen LogP contribution is 2.46. The van der Waals surface area contributed by atoms with E-state index in [0.717, 1.165) is 24.9 Å². The molecular formula is C17H21NO2S. The van der Waals surface area contributed by atoms with Crippen LogP contribution in [-0.2, 0) is 0 Å². The number of fused-ring (bicyclic) bond motifs is 1. The molecule has 2 aliphatic rings. The molecule has 0 amide bonds. The number of Topliss-reactive ketones (excluding diaryl/α,β-unsaturated/α-hetero) is 1. The number of ketones is 1. The van der Waals surface area contributed by atoms with Crippen molar-refractivity contribution in [3.05, 3.63) is 39.9 Å². The Morgan fingerprint density at radius 3 is 2.81 bits per heavy atom. The minimum Gasteiger partial charge on any atom is -0.507 e. The predicted octanol–water partition coefficient (Wildman–Crippen LogP) is 3.92. The van der Waals surface area contributed by atoms with Crippen LogP contribution in [0.1, 0.15) is 42.6 Å². The number of nitrogens with zero attached hydrogens (tertiary/aromatic N) is 1. The first-order chi connectivity index (χ1) is 9.99. The average Bonchev–Trinajstić information content (AvgIpc) is 2.74. The summed E-state index contributed by atoms with van der Waals surface area (Å²) in [6, 6.07) is 5.33. The van der Waals surface area contributed by atoms with Crippen LogP contribution in [0.4, 0.5) is 0 Å². The summed E-state index contributed by atoms with van der Waals surface area (Å²) < 4.78 is 0. The minimum atomic E-state index is -0.0373. The van der Waals surface area contributed by atoms with Crippen LogP contribution in [-0.4, -0.2) is 27.7 Å². The Hall–Kier alpha value is -1.42. The first-order valence-electron chi connectivity index (χ1n) is 7.43. The number of phenols is 1. The molecule has 0 spiro atoms. The number of thioether (sulfide) groups is 1. The van der Waals surface area contributed by atoms with Crippen LogP contribution >= 0.6 is 11.8 Å². The maximum atomic E-state index is 12.9. The summed E-state index contributed by atoms with van der Waals surface area (Å²) in [7, 11) is 0. The van der Waals surface area contributed by atoms with Gasteiger partial charge in [-0.15, -0.1) is 11.8 Å². The fraction of sp³-hybridized carbons (Fsp3) is 0.471. The molecule has 2 aliphatic heterocycles. The fourth-order valence-electron chi connectivity index (χ4n) is 3.25. The molecule has 2 atom stereocenters. The molecule has 3 rings (SSSR count). The monoisotopic (exact) mass is 303 g/mol. The van der Waals surface area contributed by atoms with Crippen LogP contribution < -0.4 is 0 Å². The lowest BCUT2D eigenvalue weighted by molar-refractivity contribution is 0.0825. The van der Waals surface area contributed by atoms with E-state index < -0.39 is 0 Å². The standard InChI is InChI=1S/C17H21NO2S/c1-10-6-7-13(15(19)9-10)16(20)14-5-4-8-18-11(2)12(3)21-17(14)18/h6-7,9,14,17,19H,4-5,8H2,1-3H3. The van der Waals surface area contributed by atoms with Crippen molar-refractivity contribution in [3.63, 3.8) is 0 Å². The molecule has 1 aromatic carbocycles. The van der Waals surface area contributed by atoms with Crippen molar-refractivity contribution < 1.29 is 9.90 Å². The molecule has 2 heterocycles. The molecule has 1 saturated heterocycles. The SMILES string of the molecule is CC1=C(C)N2CCCC(C(=O)c3ccc(C)cc3O)C2S1. The summed E-state index contributed by atoms with van der Waals surface area (Å²) in [5.41, 5.74) is 2.74. The molecule has 1 aromatic rings. The number of aryl methyl sites for hydroxylation is 1. The molecule has 0 aromatic heterocycles. The number of piperidine rings is 1. The van der Waals surface area contributed by atoms with Crippen molar-refractivity contribution in [1.29, 1.82) is 0 Å². The molecule has 4 heteroatoms. The van der Waals surface area contributed by atoms with Gasteiger partial charge in [0.15, 0.2) is 5.78 Å². The van der Waals surface area contributed by atoms with Gasteiger partial charge in [0.2, 0.25) is 0 Å². The third kappa shape index (κ3) is 2.46. The minimum absolute atomic E-state index is 0.0373. The highest BCUT2D eigenvalue weighted by molar-refractivity contribution is 8.03. The Balaban J connectivity index is 1.88. The van der Waals surface area contributed by atoms with Gasteiger partial charge in [-0.1, -0.05) is 6.07 Å². The van der Waals surface area contributed by atoms with E-state index in [4.69, 9.17) is 0 Å². The summed E-state index contributed by atoms with van der Waals surface area (Å²) in [6.45, 7) is 7.21. The molecule has 1 N–H and O–H groups in total. The Morgan fingerprint density at radius 2 is 2.10 bits per heavy atom. The van der Waals surface area contributed by atoms with Gasteiger partial charge >= 0.3 is 0 Å². The smallest absolute Gasteiger partial charge is 0.172 e. The fourth-order valence-corrected chi connectivity index (χ4v) is 4.72. The molecule has 112 valence electrons. The lowest BCUT2D eigenvalue weighted by atomic mass is 9.88. The van der Waals surface area contributed by atoms with Crippen molar-refractivity contribution >= 4 is 17.5 Å². The first-order valence-corrected chi connectivity index (χ1v) is 8.31. The van der Waals surface area contributed by atoms with Crippen LogP contribution in [0.5, 0.6) is 5.75 Å². The first kappa shape index (κ1) is 14.5. The Labute approximate surface area is 130 Å². The average molecular weight is 303 g/mol.